The van der Waals surface area contributed by atoms with E-state index in [0.717, 1.165) is 74.7 Å². The van der Waals surface area contributed by atoms with Crippen LogP contribution in [0.15, 0.2) is 35.0 Å². The Kier molecular flexibility index (Phi) is 5.54. The lowest BCUT2D eigenvalue weighted by Gasteiger charge is -2.14. The number of aryl methyl sites for hydroxylation is 1. The van der Waals surface area contributed by atoms with E-state index >= 15 is 0 Å². The molecule has 6 nitrogen and oxygen atoms in total. The number of fused-ring (bicyclic) bond motifs is 3. The highest BCUT2D eigenvalue weighted by atomic mass is 35.5. The van der Waals surface area contributed by atoms with Crippen LogP contribution >= 0.6 is 22.9 Å². The number of amides is 1. The van der Waals surface area contributed by atoms with Gasteiger partial charge < -0.3 is 14.6 Å². The van der Waals surface area contributed by atoms with Gasteiger partial charge in [-0.1, -0.05) is 23.7 Å². The van der Waals surface area contributed by atoms with Crippen LogP contribution in [0.25, 0.3) is 21.3 Å². The van der Waals surface area contributed by atoms with Crippen LogP contribution in [-0.4, -0.2) is 16.0 Å². The zero-order chi connectivity index (χ0) is 23.2. The zero-order valence-corrected chi connectivity index (χ0v) is 20.4. The summed E-state index contributed by atoms with van der Waals surface area (Å²) in [7, 11) is 0. The van der Waals surface area contributed by atoms with Crippen LogP contribution in [0.3, 0.4) is 0 Å². The van der Waals surface area contributed by atoms with Crippen LogP contribution in [0, 0.1) is 0 Å². The van der Waals surface area contributed by atoms with Gasteiger partial charge in [0.15, 0.2) is 11.9 Å². The van der Waals surface area contributed by atoms with Gasteiger partial charge in [-0.25, -0.2) is 0 Å². The van der Waals surface area contributed by atoms with E-state index in [1.807, 2.05) is 37.4 Å². The van der Waals surface area contributed by atoms with Gasteiger partial charge in [0.1, 0.15) is 5.75 Å². The lowest BCUT2D eigenvalue weighted by molar-refractivity contribution is -0.120. The number of benzene rings is 1. The summed E-state index contributed by atoms with van der Waals surface area (Å²) in [6, 6.07) is 7.99. The Morgan fingerprint density at radius 2 is 2.12 bits per heavy atom. The number of halogens is 1. The number of nitrogens with zero attached hydrogens (tertiary/aromatic N) is 2. The normalized spacial score (nSPS) is 16.8. The lowest BCUT2D eigenvalue weighted by atomic mass is 9.93. The van der Waals surface area contributed by atoms with Crippen LogP contribution in [0.1, 0.15) is 59.7 Å². The molecule has 1 N–H and O–H groups in total. The molecule has 1 atom stereocenters. The summed E-state index contributed by atoms with van der Waals surface area (Å²) in [6.45, 7) is 2.34. The average molecular weight is 494 g/mol. The fraction of sp³-hybridized carbons (Fsp3) is 0.346. The molecular weight excluding hydrogens is 470 g/mol. The third-order valence-corrected chi connectivity index (χ3v) is 7.99. The van der Waals surface area contributed by atoms with Gasteiger partial charge in [-0.2, -0.15) is 0 Å². The molecule has 0 fully saturated rings. The Morgan fingerprint density at radius 3 is 3.00 bits per heavy atom. The molecule has 6 rings (SSSR count). The molecular formula is C26H24ClN3O3S. The molecule has 0 radical (unpaired) electrons. The number of pyridine rings is 1. The van der Waals surface area contributed by atoms with Crippen LogP contribution in [0.4, 0.5) is 0 Å². The first-order chi connectivity index (χ1) is 16.6. The van der Waals surface area contributed by atoms with Crippen molar-refractivity contribution in [3.63, 3.8) is 0 Å². The van der Waals surface area contributed by atoms with E-state index in [1.165, 1.54) is 5.56 Å². The van der Waals surface area contributed by atoms with Crippen LogP contribution < -0.4 is 10.1 Å². The summed E-state index contributed by atoms with van der Waals surface area (Å²) in [6.07, 6.45) is 7.08. The molecule has 2 aliphatic rings. The van der Waals surface area contributed by atoms with Gasteiger partial charge in [-0.05, 0) is 49.9 Å². The number of ether oxygens (including phenoxy) is 1. The van der Waals surface area contributed by atoms with E-state index in [9.17, 15) is 4.79 Å². The molecule has 4 aromatic rings. The minimum absolute atomic E-state index is 0.0346. The van der Waals surface area contributed by atoms with Gasteiger partial charge in [-0.3, -0.25) is 9.78 Å². The standard InChI is InChI=1S/C26H24ClN3O3S/c1-2-23(31)29-13-16-12-21-26(34-16)17(7-8-28-21)19-11-15(27)9-14-10-22(32-24(14)19)25-18-5-3-4-6-20(18)30-33-25/h7-9,11-12,22H,2-6,10,13H2,1H3,(H,29,31)/t22-/m1/s1. The Bertz CT molecular complexity index is 1410. The number of hydrogen-bond donors (Lipinski definition) is 1. The molecule has 8 heteroatoms. The fourth-order valence-electron chi connectivity index (χ4n) is 4.94. The van der Waals surface area contributed by atoms with Crippen molar-refractivity contribution >= 4 is 39.1 Å². The summed E-state index contributed by atoms with van der Waals surface area (Å²) >= 11 is 8.21. The maximum absolute atomic E-state index is 11.7. The number of carbonyl (C=O) groups is 1. The summed E-state index contributed by atoms with van der Waals surface area (Å²) in [4.78, 5) is 17.3. The maximum Gasteiger partial charge on any atom is 0.220 e. The molecule has 0 saturated carbocycles. The van der Waals surface area contributed by atoms with E-state index in [2.05, 4.69) is 15.5 Å². The molecule has 4 heterocycles. The van der Waals surface area contributed by atoms with E-state index < -0.39 is 0 Å². The lowest BCUT2D eigenvalue weighted by Crippen LogP contribution is -2.20. The number of nitrogens with one attached hydrogen (secondary N) is 1. The Labute approximate surface area is 206 Å². The SMILES string of the molecule is CCC(=O)NCc1cc2nccc(-c3cc(Cl)cc4c3O[C@@H](c3onc5c3CCCC5)C4)c2s1. The second-order valence-corrected chi connectivity index (χ2v) is 10.4. The summed E-state index contributed by atoms with van der Waals surface area (Å²) in [5, 5.41) is 7.95. The average Bonchev–Trinajstić information content (AvgIpc) is 3.57. The summed E-state index contributed by atoms with van der Waals surface area (Å²) in [5.74, 6) is 1.74. The van der Waals surface area contributed by atoms with Gasteiger partial charge in [0.2, 0.25) is 5.91 Å². The van der Waals surface area contributed by atoms with Crippen molar-refractivity contribution in [2.24, 2.45) is 0 Å². The largest absolute Gasteiger partial charge is 0.481 e. The highest BCUT2D eigenvalue weighted by Crippen LogP contribution is 2.48. The molecule has 0 spiro atoms. The Morgan fingerprint density at radius 1 is 1.24 bits per heavy atom. The quantitative estimate of drug-likeness (QED) is 0.359. The molecule has 1 aliphatic heterocycles. The Hall–Kier alpha value is -2.90. The molecule has 1 amide bonds. The van der Waals surface area contributed by atoms with Gasteiger partial charge in [0, 0.05) is 51.2 Å². The van der Waals surface area contributed by atoms with Crippen molar-refractivity contribution in [1.29, 1.82) is 0 Å². The number of rotatable bonds is 5. The van der Waals surface area contributed by atoms with E-state index in [0.29, 0.717) is 24.4 Å². The molecule has 0 bridgehead atoms. The van der Waals surface area contributed by atoms with Gasteiger partial charge >= 0.3 is 0 Å². The van der Waals surface area contributed by atoms with Crippen LogP contribution in [-0.2, 0) is 30.6 Å². The second kappa shape index (κ2) is 8.71. The number of carbonyl (C=O) groups excluding carboxylic acids is 1. The first-order valence-corrected chi connectivity index (χ1v) is 12.9. The highest BCUT2D eigenvalue weighted by molar-refractivity contribution is 7.19. The number of thiophene rings is 1. The second-order valence-electron chi connectivity index (χ2n) is 8.85. The first-order valence-electron chi connectivity index (χ1n) is 11.7. The first kappa shape index (κ1) is 21.6. The van der Waals surface area contributed by atoms with Gasteiger partial charge in [0.05, 0.1) is 22.5 Å². The van der Waals surface area contributed by atoms with Gasteiger partial charge in [0.25, 0.3) is 0 Å². The van der Waals surface area contributed by atoms with Crippen molar-refractivity contribution in [3.05, 3.63) is 62.9 Å². The fourth-order valence-corrected chi connectivity index (χ4v) is 6.26. The van der Waals surface area contributed by atoms with E-state index in [4.69, 9.17) is 20.9 Å². The Balaban J connectivity index is 1.37. The predicted molar refractivity (Wildman–Crippen MR) is 132 cm³/mol. The van der Waals surface area contributed by atoms with E-state index in [1.54, 1.807) is 11.3 Å². The molecule has 0 unspecified atom stereocenters. The summed E-state index contributed by atoms with van der Waals surface area (Å²) in [5.41, 5.74) is 6.26. The van der Waals surface area contributed by atoms with E-state index in [-0.39, 0.29) is 12.0 Å². The van der Waals surface area contributed by atoms with Crippen molar-refractivity contribution in [3.8, 4) is 16.9 Å². The van der Waals surface area contributed by atoms with Crippen molar-refractivity contribution in [1.82, 2.24) is 15.5 Å². The number of aromatic nitrogens is 2. The molecule has 1 aliphatic carbocycles. The maximum atomic E-state index is 11.7. The van der Waals surface area contributed by atoms with Crippen molar-refractivity contribution in [2.75, 3.05) is 0 Å². The zero-order valence-electron chi connectivity index (χ0n) is 18.8. The van der Waals surface area contributed by atoms with Crippen molar-refractivity contribution < 1.29 is 14.1 Å². The topological polar surface area (TPSA) is 77.2 Å². The predicted octanol–water partition coefficient (Wildman–Crippen LogP) is 6.19. The molecule has 34 heavy (non-hydrogen) atoms. The third kappa shape index (κ3) is 3.77. The molecule has 3 aromatic heterocycles. The van der Waals surface area contributed by atoms with Crippen LogP contribution in [0.5, 0.6) is 5.75 Å². The highest BCUT2D eigenvalue weighted by Gasteiger charge is 2.34. The molecule has 174 valence electrons. The van der Waals surface area contributed by atoms with Crippen LogP contribution in [0.2, 0.25) is 5.02 Å². The number of hydrogen-bond acceptors (Lipinski definition) is 6. The molecule has 0 saturated heterocycles. The smallest absolute Gasteiger partial charge is 0.220 e. The monoisotopic (exact) mass is 493 g/mol. The van der Waals surface area contributed by atoms with Gasteiger partial charge in [-0.15, -0.1) is 11.3 Å². The summed E-state index contributed by atoms with van der Waals surface area (Å²) < 4.78 is 13.4. The molecule has 1 aromatic carbocycles. The third-order valence-electron chi connectivity index (χ3n) is 6.61. The minimum Gasteiger partial charge on any atom is -0.481 e. The van der Waals surface area contributed by atoms with Crippen molar-refractivity contribution in [2.45, 2.75) is 58.1 Å². The minimum atomic E-state index is -0.193.